The van der Waals surface area contributed by atoms with Crippen molar-refractivity contribution < 1.29 is 35.8 Å². The summed E-state index contributed by atoms with van der Waals surface area (Å²) >= 11 is 0. The maximum Gasteiger partial charge on any atom is 0.201 e. The Balaban J connectivity index is 1.41. The van der Waals surface area contributed by atoms with Crippen LogP contribution in [0.5, 0.6) is 5.75 Å². The minimum absolute atomic E-state index is 0.0937. The molecule has 3 aromatic rings. The average molecular weight is 537 g/mol. The summed E-state index contributed by atoms with van der Waals surface area (Å²) < 4.78 is 98.4. The van der Waals surface area contributed by atoms with E-state index >= 15 is 4.39 Å². The highest BCUT2D eigenvalue weighted by molar-refractivity contribution is 5.66. The Kier molecular flexibility index (Phi) is 9.03. The summed E-state index contributed by atoms with van der Waals surface area (Å²) in [5.74, 6) is -7.35. The molecule has 1 aliphatic rings. The maximum absolute atomic E-state index is 15.1. The standard InChI is InChI=1S/C30H30F6O2/c1-3-5-17-6-7-18(26(32)25(17)31)8-10-20-11-9-19(16-38-20)21-12-13-22(28(34)27(21)33)23-14-15-24(37-4-2)30(36)29(23)35/h6-7,12-15,19-20H,3-5,8-11,16H2,1-2H3. The lowest BCUT2D eigenvalue weighted by atomic mass is 9.88. The zero-order valence-electron chi connectivity index (χ0n) is 21.4. The van der Waals surface area contributed by atoms with Gasteiger partial charge in [0.15, 0.2) is 34.8 Å². The van der Waals surface area contributed by atoms with Crippen LogP contribution in [-0.4, -0.2) is 19.3 Å². The van der Waals surface area contributed by atoms with Crippen LogP contribution in [0.1, 0.15) is 62.1 Å². The number of ether oxygens (including phenoxy) is 2. The second kappa shape index (κ2) is 12.2. The highest BCUT2D eigenvalue weighted by Gasteiger charge is 2.28. The van der Waals surface area contributed by atoms with Crippen molar-refractivity contribution in [1.29, 1.82) is 0 Å². The first kappa shape index (κ1) is 28.0. The van der Waals surface area contributed by atoms with Crippen LogP contribution in [0.25, 0.3) is 11.1 Å². The van der Waals surface area contributed by atoms with Gasteiger partial charge in [0.05, 0.1) is 19.3 Å². The van der Waals surface area contributed by atoms with Crippen molar-refractivity contribution in [3.05, 3.63) is 88.0 Å². The van der Waals surface area contributed by atoms with E-state index in [-0.39, 0.29) is 41.8 Å². The fourth-order valence-corrected chi connectivity index (χ4v) is 4.97. The third-order valence-corrected chi connectivity index (χ3v) is 7.06. The van der Waals surface area contributed by atoms with Gasteiger partial charge in [0.25, 0.3) is 0 Å². The summed E-state index contributed by atoms with van der Waals surface area (Å²) in [4.78, 5) is 0. The van der Waals surface area contributed by atoms with E-state index in [2.05, 4.69) is 0 Å². The number of rotatable bonds is 9. The molecule has 2 unspecified atom stereocenters. The summed E-state index contributed by atoms with van der Waals surface area (Å²) in [6.45, 7) is 3.76. The molecule has 0 radical (unpaired) electrons. The summed E-state index contributed by atoms with van der Waals surface area (Å²) in [6, 6.07) is 8.15. The van der Waals surface area contributed by atoms with Crippen molar-refractivity contribution >= 4 is 0 Å². The molecule has 0 N–H and O–H groups in total. The lowest BCUT2D eigenvalue weighted by molar-refractivity contribution is -0.00137. The first-order valence-electron chi connectivity index (χ1n) is 12.9. The molecule has 8 heteroatoms. The maximum atomic E-state index is 15.1. The Bertz CT molecular complexity index is 1280. The van der Waals surface area contributed by atoms with Gasteiger partial charge < -0.3 is 9.47 Å². The molecule has 0 amide bonds. The lowest BCUT2D eigenvalue weighted by Crippen LogP contribution is -2.26. The van der Waals surface area contributed by atoms with Crippen LogP contribution in [0.4, 0.5) is 26.3 Å². The van der Waals surface area contributed by atoms with Crippen LogP contribution in [0.2, 0.25) is 0 Å². The molecule has 1 aliphatic heterocycles. The van der Waals surface area contributed by atoms with E-state index in [0.29, 0.717) is 37.7 Å². The van der Waals surface area contributed by atoms with E-state index in [1.807, 2.05) is 6.92 Å². The van der Waals surface area contributed by atoms with E-state index in [4.69, 9.17) is 9.47 Å². The number of aryl methyl sites for hydroxylation is 2. The molecule has 0 saturated carbocycles. The minimum atomic E-state index is -1.32. The molecule has 0 aliphatic carbocycles. The third kappa shape index (κ3) is 5.70. The molecule has 2 nitrogen and oxygen atoms in total. The summed E-state index contributed by atoms with van der Waals surface area (Å²) in [5.41, 5.74) is -0.0492. The molecule has 38 heavy (non-hydrogen) atoms. The van der Waals surface area contributed by atoms with Crippen LogP contribution in [-0.2, 0) is 17.6 Å². The van der Waals surface area contributed by atoms with Crippen LogP contribution in [0.15, 0.2) is 36.4 Å². The van der Waals surface area contributed by atoms with Gasteiger partial charge in [-0.25, -0.2) is 22.0 Å². The minimum Gasteiger partial charge on any atom is -0.491 e. The normalized spacial score (nSPS) is 17.6. The smallest absolute Gasteiger partial charge is 0.201 e. The fraction of sp³-hybridized carbons (Fsp3) is 0.400. The molecule has 4 rings (SSSR count). The van der Waals surface area contributed by atoms with Crippen molar-refractivity contribution in [2.24, 2.45) is 0 Å². The number of hydrogen-bond acceptors (Lipinski definition) is 2. The lowest BCUT2D eigenvalue weighted by Gasteiger charge is -2.30. The van der Waals surface area contributed by atoms with Gasteiger partial charge >= 0.3 is 0 Å². The predicted octanol–water partition coefficient (Wildman–Crippen LogP) is 8.43. The molecule has 0 aromatic heterocycles. The quantitative estimate of drug-likeness (QED) is 0.256. The average Bonchev–Trinajstić information content (AvgIpc) is 2.92. The highest BCUT2D eigenvalue weighted by Crippen LogP contribution is 2.37. The van der Waals surface area contributed by atoms with Gasteiger partial charge in [-0.3, -0.25) is 0 Å². The molecule has 1 saturated heterocycles. The molecular formula is C30H30F6O2. The van der Waals surface area contributed by atoms with Gasteiger partial charge in [0.1, 0.15) is 0 Å². The van der Waals surface area contributed by atoms with Crippen LogP contribution >= 0.6 is 0 Å². The molecule has 0 spiro atoms. The SMILES string of the molecule is CCCc1ccc(CCC2CCC(c3ccc(-c4ccc(OCC)c(F)c4F)c(F)c3F)CO2)c(F)c1F. The topological polar surface area (TPSA) is 18.5 Å². The Hall–Kier alpha value is -3.00. The van der Waals surface area contributed by atoms with Crippen LogP contribution in [0, 0.1) is 34.9 Å². The summed E-state index contributed by atoms with van der Waals surface area (Å²) in [6.07, 6.45) is 2.76. The second-order valence-corrected chi connectivity index (χ2v) is 9.53. The molecule has 2 atom stereocenters. The van der Waals surface area contributed by atoms with Gasteiger partial charge in [0, 0.05) is 17.0 Å². The largest absolute Gasteiger partial charge is 0.491 e. The molecule has 204 valence electrons. The van der Waals surface area contributed by atoms with E-state index < -0.39 is 46.4 Å². The predicted molar refractivity (Wildman–Crippen MR) is 133 cm³/mol. The summed E-state index contributed by atoms with van der Waals surface area (Å²) in [5, 5.41) is 0. The Labute approximate surface area is 218 Å². The van der Waals surface area contributed by atoms with E-state index in [1.54, 1.807) is 19.1 Å². The van der Waals surface area contributed by atoms with Gasteiger partial charge in [-0.1, -0.05) is 37.6 Å². The monoisotopic (exact) mass is 536 g/mol. The Morgan fingerprint density at radius 2 is 1.34 bits per heavy atom. The molecule has 3 aromatic carbocycles. The highest BCUT2D eigenvalue weighted by atomic mass is 19.2. The van der Waals surface area contributed by atoms with Gasteiger partial charge in [0.2, 0.25) is 5.82 Å². The van der Waals surface area contributed by atoms with E-state index in [9.17, 15) is 22.0 Å². The number of benzene rings is 3. The second-order valence-electron chi connectivity index (χ2n) is 9.53. The molecule has 0 bridgehead atoms. The van der Waals surface area contributed by atoms with Crippen LogP contribution < -0.4 is 4.74 Å². The molecular weight excluding hydrogens is 506 g/mol. The van der Waals surface area contributed by atoms with E-state index in [1.165, 1.54) is 18.2 Å². The molecule has 1 heterocycles. The first-order valence-corrected chi connectivity index (χ1v) is 12.9. The van der Waals surface area contributed by atoms with Crippen molar-refractivity contribution in [2.75, 3.05) is 13.2 Å². The van der Waals surface area contributed by atoms with Gasteiger partial charge in [-0.05, 0) is 67.9 Å². The number of hydrogen-bond donors (Lipinski definition) is 0. The zero-order valence-corrected chi connectivity index (χ0v) is 21.4. The molecule has 1 fully saturated rings. The third-order valence-electron chi connectivity index (χ3n) is 7.06. The van der Waals surface area contributed by atoms with Crippen LogP contribution in [0.3, 0.4) is 0 Å². The number of halogens is 6. The fourth-order valence-electron chi connectivity index (χ4n) is 4.97. The van der Waals surface area contributed by atoms with Gasteiger partial charge in [-0.2, -0.15) is 4.39 Å². The Morgan fingerprint density at radius 1 is 0.711 bits per heavy atom. The van der Waals surface area contributed by atoms with Crippen molar-refractivity contribution in [3.8, 4) is 16.9 Å². The van der Waals surface area contributed by atoms with Crippen molar-refractivity contribution in [1.82, 2.24) is 0 Å². The van der Waals surface area contributed by atoms with E-state index in [0.717, 1.165) is 12.5 Å². The zero-order chi connectivity index (χ0) is 27.4. The summed E-state index contributed by atoms with van der Waals surface area (Å²) in [7, 11) is 0. The van der Waals surface area contributed by atoms with Crippen molar-refractivity contribution in [2.45, 2.75) is 64.4 Å². The van der Waals surface area contributed by atoms with Gasteiger partial charge in [-0.15, -0.1) is 0 Å². The first-order chi connectivity index (χ1) is 18.3. The van der Waals surface area contributed by atoms with Crippen molar-refractivity contribution in [3.63, 3.8) is 0 Å². The Morgan fingerprint density at radius 3 is 1.95 bits per heavy atom.